The van der Waals surface area contributed by atoms with E-state index in [1.807, 2.05) is 6.07 Å². The lowest BCUT2D eigenvalue weighted by Gasteiger charge is -2.36. The Labute approximate surface area is 134 Å². The van der Waals surface area contributed by atoms with Crippen LogP contribution in [0.3, 0.4) is 0 Å². The van der Waals surface area contributed by atoms with E-state index >= 15 is 0 Å². The van der Waals surface area contributed by atoms with Gasteiger partial charge in [-0.15, -0.1) is 0 Å². The van der Waals surface area contributed by atoms with Gasteiger partial charge in [-0.1, -0.05) is 12.1 Å². The van der Waals surface area contributed by atoms with Crippen molar-refractivity contribution < 1.29 is 4.39 Å². The zero-order chi connectivity index (χ0) is 14.9. The Kier molecular flexibility index (Phi) is 3.92. The molecule has 0 saturated carbocycles. The number of aromatic nitrogens is 2. The molecule has 1 aromatic heterocycles. The van der Waals surface area contributed by atoms with Gasteiger partial charge in [0.1, 0.15) is 5.82 Å². The molecule has 1 saturated heterocycles. The fourth-order valence-electron chi connectivity index (χ4n) is 3.55. The van der Waals surface area contributed by atoms with Crippen LogP contribution in [-0.2, 0) is 13.0 Å². The molecule has 0 aliphatic carbocycles. The van der Waals surface area contributed by atoms with Gasteiger partial charge in [-0.05, 0) is 36.5 Å². The van der Waals surface area contributed by atoms with Crippen LogP contribution in [0.25, 0.3) is 11.3 Å². The number of thioether (sulfide) groups is 1. The first-order valence-electron chi connectivity index (χ1n) is 7.95. The highest BCUT2D eigenvalue weighted by Crippen LogP contribution is 2.31. The van der Waals surface area contributed by atoms with E-state index in [4.69, 9.17) is 0 Å². The number of nitrogens with one attached hydrogen (secondary N) is 1. The first kappa shape index (κ1) is 14.3. The first-order chi connectivity index (χ1) is 10.8. The van der Waals surface area contributed by atoms with Gasteiger partial charge in [0, 0.05) is 42.4 Å². The fourth-order valence-corrected chi connectivity index (χ4v) is 4.63. The Balaban J connectivity index is 1.62. The molecular formula is C17H20FN3S. The van der Waals surface area contributed by atoms with E-state index < -0.39 is 0 Å². The van der Waals surface area contributed by atoms with Crippen LogP contribution in [0.2, 0.25) is 0 Å². The summed E-state index contributed by atoms with van der Waals surface area (Å²) in [6.45, 7) is 2.04. The number of benzene rings is 1. The number of hydrogen-bond donors (Lipinski definition) is 1. The molecule has 0 amide bonds. The van der Waals surface area contributed by atoms with Crippen LogP contribution in [-0.4, -0.2) is 39.2 Å². The maximum Gasteiger partial charge on any atom is 0.123 e. The molecule has 2 aliphatic heterocycles. The van der Waals surface area contributed by atoms with Crippen LogP contribution in [0.5, 0.6) is 0 Å². The summed E-state index contributed by atoms with van der Waals surface area (Å²) in [7, 11) is 0. The Hall–Kier alpha value is -1.33. The van der Waals surface area contributed by atoms with Crippen LogP contribution in [0.4, 0.5) is 4.39 Å². The average Bonchev–Trinajstić information content (AvgIpc) is 2.99. The summed E-state index contributed by atoms with van der Waals surface area (Å²) in [4.78, 5) is 2.60. The van der Waals surface area contributed by atoms with E-state index in [1.165, 1.54) is 41.7 Å². The van der Waals surface area contributed by atoms with Crippen LogP contribution in [0.1, 0.15) is 24.1 Å². The van der Waals surface area contributed by atoms with Crippen molar-refractivity contribution in [2.24, 2.45) is 0 Å². The lowest BCUT2D eigenvalue weighted by Crippen LogP contribution is -2.41. The highest BCUT2D eigenvalue weighted by atomic mass is 32.2. The average molecular weight is 317 g/mol. The van der Waals surface area contributed by atoms with Crippen molar-refractivity contribution in [1.82, 2.24) is 15.1 Å². The smallest absolute Gasteiger partial charge is 0.123 e. The maximum atomic E-state index is 13.5. The SMILES string of the molecule is Fc1cccc(-c2n[nH]c3c2CN(C2CCSCC2)CC3)c1. The van der Waals surface area contributed by atoms with E-state index in [0.29, 0.717) is 6.04 Å². The zero-order valence-corrected chi connectivity index (χ0v) is 13.3. The van der Waals surface area contributed by atoms with Gasteiger partial charge < -0.3 is 0 Å². The van der Waals surface area contributed by atoms with E-state index in [1.54, 1.807) is 12.1 Å². The van der Waals surface area contributed by atoms with Crippen molar-refractivity contribution in [1.29, 1.82) is 0 Å². The monoisotopic (exact) mass is 317 g/mol. The number of hydrogen-bond acceptors (Lipinski definition) is 3. The van der Waals surface area contributed by atoms with Gasteiger partial charge in [0.25, 0.3) is 0 Å². The summed E-state index contributed by atoms with van der Waals surface area (Å²) in [5.74, 6) is 2.35. The van der Waals surface area contributed by atoms with Gasteiger partial charge in [-0.2, -0.15) is 16.9 Å². The van der Waals surface area contributed by atoms with Gasteiger partial charge in [-0.25, -0.2) is 4.39 Å². The van der Waals surface area contributed by atoms with Crippen LogP contribution < -0.4 is 0 Å². The number of fused-ring (bicyclic) bond motifs is 1. The van der Waals surface area contributed by atoms with E-state index in [0.717, 1.165) is 30.8 Å². The molecule has 22 heavy (non-hydrogen) atoms. The molecule has 0 atom stereocenters. The first-order valence-corrected chi connectivity index (χ1v) is 9.10. The molecule has 0 radical (unpaired) electrons. The van der Waals surface area contributed by atoms with Gasteiger partial charge in [0.05, 0.1) is 5.69 Å². The van der Waals surface area contributed by atoms with E-state index in [2.05, 4.69) is 26.9 Å². The lowest BCUT2D eigenvalue weighted by atomic mass is 9.98. The molecule has 3 nitrogen and oxygen atoms in total. The summed E-state index contributed by atoms with van der Waals surface area (Å²) >= 11 is 2.06. The molecular weight excluding hydrogens is 297 g/mol. The molecule has 116 valence electrons. The summed E-state index contributed by atoms with van der Waals surface area (Å²) < 4.78 is 13.5. The minimum atomic E-state index is -0.203. The Morgan fingerprint density at radius 2 is 2.14 bits per heavy atom. The van der Waals surface area contributed by atoms with Crippen molar-refractivity contribution in [3.05, 3.63) is 41.3 Å². The highest BCUT2D eigenvalue weighted by Gasteiger charge is 2.28. The second kappa shape index (κ2) is 6.05. The van der Waals surface area contributed by atoms with Crippen LogP contribution >= 0.6 is 11.8 Å². The fraction of sp³-hybridized carbons (Fsp3) is 0.471. The van der Waals surface area contributed by atoms with Gasteiger partial charge in [0.2, 0.25) is 0 Å². The third-order valence-electron chi connectivity index (χ3n) is 4.77. The molecule has 1 aromatic carbocycles. The van der Waals surface area contributed by atoms with Crippen molar-refractivity contribution in [3.8, 4) is 11.3 Å². The molecule has 5 heteroatoms. The van der Waals surface area contributed by atoms with Crippen molar-refractivity contribution in [2.75, 3.05) is 18.1 Å². The number of aromatic amines is 1. The molecule has 3 heterocycles. The van der Waals surface area contributed by atoms with Crippen molar-refractivity contribution in [3.63, 3.8) is 0 Å². The summed E-state index contributed by atoms with van der Waals surface area (Å²) in [6.07, 6.45) is 3.58. The molecule has 4 rings (SSSR count). The van der Waals surface area contributed by atoms with Gasteiger partial charge >= 0.3 is 0 Å². The minimum absolute atomic E-state index is 0.203. The van der Waals surface area contributed by atoms with Gasteiger partial charge in [0.15, 0.2) is 0 Å². The number of halogens is 1. The largest absolute Gasteiger partial charge is 0.296 e. The van der Waals surface area contributed by atoms with Crippen LogP contribution in [0.15, 0.2) is 24.3 Å². The number of nitrogens with zero attached hydrogens (tertiary/aromatic N) is 2. The highest BCUT2D eigenvalue weighted by molar-refractivity contribution is 7.99. The van der Waals surface area contributed by atoms with E-state index in [-0.39, 0.29) is 5.82 Å². The predicted molar refractivity (Wildman–Crippen MR) is 88.4 cm³/mol. The number of H-pyrrole nitrogens is 1. The summed E-state index contributed by atoms with van der Waals surface area (Å²) in [6, 6.07) is 7.45. The predicted octanol–water partition coefficient (Wildman–Crippen LogP) is 3.47. The molecule has 0 bridgehead atoms. The van der Waals surface area contributed by atoms with Gasteiger partial charge in [-0.3, -0.25) is 10.00 Å². The normalized spacial score (nSPS) is 20.0. The maximum absolute atomic E-state index is 13.5. The van der Waals surface area contributed by atoms with Crippen LogP contribution in [0, 0.1) is 5.82 Å². The second-order valence-electron chi connectivity index (χ2n) is 6.10. The second-order valence-corrected chi connectivity index (χ2v) is 7.33. The number of rotatable bonds is 2. The quantitative estimate of drug-likeness (QED) is 0.920. The molecule has 1 N–H and O–H groups in total. The third kappa shape index (κ3) is 2.68. The molecule has 0 spiro atoms. The molecule has 2 aromatic rings. The summed E-state index contributed by atoms with van der Waals surface area (Å²) in [5, 5.41) is 7.63. The standard InChI is InChI=1S/C17H20FN3S/c18-13-3-1-2-12(10-13)17-15-11-21(7-4-16(15)19-20-17)14-5-8-22-9-6-14/h1-3,10,14H,4-9,11H2,(H,19,20). The van der Waals surface area contributed by atoms with E-state index in [9.17, 15) is 4.39 Å². The van der Waals surface area contributed by atoms with Crippen molar-refractivity contribution >= 4 is 11.8 Å². The molecule has 2 aliphatic rings. The third-order valence-corrected chi connectivity index (χ3v) is 5.82. The zero-order valence-electron chi connectivity index (χ0n) is 12.5. The Bertz CT molecular complexity index is 664. The minimum Gasteiger partial charge on any atom is -0.296 e. The summed E-state index contributed by atoms with van der Waals surface area (Å²) in [5.41, 5.74) is 4.28. The molecule has 1 fully saturated rings. The Morgan fingerprint density at radius 1 is 1.27 bits per heavy atom. The topological polar surface area (TPSA) is 31.9 Å². The Morgan fingerprint density at radius 3 is 2.95 bits per heavy atom. The lowest BCUT2D eigenvalue weighted by molar-refractivity contribution is 0.168. The molecule has 0 unspecified atom stereocenters. The van der Waals surface area contributed by atoms with Crippen molar-refractivity contribution in [2.45, 2.75) is 31.8 Å².